The van der Waals surface area contributed by atoms with Crippen LogP contribution in [0, 0.1) is 11.6 Å². The molecule has 0 unspecified atom stereocenters. The lowest BCUT2D eigenvalue weighted by Gasteiger charge is -2.17. The molecular formula is C21H21ClF2N2O5. The number of ether oxygens (including phenoxy) is 3. The highest BCUT2D eigenvalue weighted by Gasteiger charge is 2.25. The van der Waals surface area contributed by atoms with Crippen molar-refractivity contribution in [2.24, 2.45) is 0 Å². The van der Waals surface area contributed by atoms with E-state index in [0.717, 1.165) is 25.0 Å². The summed E-state index contributed by atoms with van der Waals surface area (Å²) < 4.78 is 47.1. The summed E-state index contributed by atoms with van der Waals surface area (Å²) in [5.41, 5.74) is -0.681. The zero-order valence-corrected chi connectivity index (χ0v) is 17.6. The average molecular weight is 455 g/mol. The van der Waals surface area contributed by atoms with Gasteiger partial charge in [0.1, 0.15) is 29.9 Å². The Bertz CT molecular complexity index is 1090. The molecule has 166 valence electrons. The molecule has 0 saturated carbocycles. The maximum atomic E-state index is 14.6. The quantitative estimate of drug-likeness (QED) is 0.263. The molecule has 31 heavy (non-hydrogen) atoms. The molecule has 0 aliphatic carbocycles. The zero-order chi connectivity index (χ0) is 22.5. The van der Waals surface area contributed by atoms with Gasteiger partial charge in [-0.3, -0.25) is 9.48 Å². The summed E-state index contributed by atoms with van der Waals surface area (Å²) in [6, 6.07) is 1.69. The van der Waals surface area contributed by atoms with Crippen molar-refractivity contribution in [3.05, 3.63) is 63.8 Å². The van der Waals surface area contributed by atoms with Crippen molar-refractivity contribution in [3.8, 4) is 16.9 Å². The van der Waals surface area contributed by atoms with Gasteiger partial charge in [0.15, 0.2) is 11.6 Å². The van der Waals surface area contributed by atoms with Crippen LogP contribution in [0.5, 0.6) is 5.75 Å². The zero-order valence-electron chi connectivity index (χ0n) is 16.8. The lowest BCUT2D eigenvalue weighted by molar-refractivity contribution is -0.136. The number of esters is 1. The van der Waals surface area contributed by atoms with E-state index in [1.165, 1.54) is 17.9 Å². The van der Waals surface area contributed by atoms with Crippen LogP contribution in [0.3, 0.4) is 0 Å². The first-order chi connectivity index (χ1) is 14.9. The molecule has 10 heteroatoms. The van der Waals surface area contributed by atoms with Crippen LogP contribution in [0.2, 0.25) is 5.15 Å². The van der Waals surface area contributed by atoms with E-state index in [1.807, 2.05) is 0 Å². The van der Waals surface area contributed by atoms with E-state index in [-0.39, 0.29) is 41.0 Å². The van der Waals surface area contributed by atoms with Crippen molar-refractivity contribution in [3.63, 3.8) is 0 Å². The highest BCUT2D eigenvalue weighted by Crippen LogP contribution is 2.33. The fourth-order valence-corrected chi connectivity index (χ4v) is 3.56. The van der Waals surface area contributed by atoms with Gasteiger partial charge in [-0.05, 0) is 18.9 Å². The first-order valence-corrected chi connectivity index (χ1v) is 9.88. The summed E-state index contributed by atoms with van der Waals surface area (Å²) in [6.45, 7) is 4.11. The van der Waals surface area contributed by atoms with Gasteiger partial charge in [-0.15, -0.1) is 0 Å². The smallest absolute Gasteiger partial charge is 0.334 e. The number of carbonyl (C=O) groups excluding carboxylic acids is 1. The molecule has 0 spiro atoms. The Hall–Kier alpha value is -3.07. The van der Waals surface area contributed by atoms with Gasteiger partial charge in [0.25, 0.3) is 5.56 Å². The highest BCUT2D eigenvalue weighted by atomic mass is 35.5. The number of fused-ring (bicyclic) bond motifs is 1. The second-order valence-electron chi connectivity index (χ2n) is 6.71. The van der Waals surface area contributed by atoms with Crippen molar-refractivity contribution >= 4 is 17.6 Å². The molecule has 2 aromatic rings. The minimum absolute atomic E-state index is 0.0150. The third kappa shape index (κ3) is 4.82. The van der Waals surface area contributed by atoms with Crippen LogP contribution < -0.4 is 10.3 Å². The molecule has 1 aliphatic rings. The van der Waals surface area contributed by atoms with Gasteiger partial charge in [-0.25, -0.2) is 18.3 Å². The van der Waals surface area contributed by atoms with Crippen molar-refractivity contribution in [1.29, 1.82) is 0 Å². The normalized spacial score (nSPS) is 13.5. The van der Waals surface area contributed by atoms with Gasteiger partial charge < -0.3 is 14.2 Å². The molecule has 0 saturated heterocycles. The number of benzene rings is 1. The fraction of sp³-hybridized carbons (Fsp3) is 0.333. The molecule has 0 bridgehead atoms. The van der Waals surface area contributed by atoms with E-state index in [0.29, 0.717) is 19.2 Å². The molecule has 3 rings (SSSR count). The lowest BCUT2D eigenvalue weighted by Crippen LogP contribution is -2.27. The first kappa shape index (κ1) is 22.6. The van der Waals surface area contributed by atoms with Crippen molar-refractivity contribution in [2.45, 2.75) is 25.9 Å². The SMILES string of the molecule is C=CCOC(=O)/C=C(\COc1cc(-c2c(Cl)n3n(c2=O)CCCC3)c(F)cc1F)OC. The fourth-order valence-electron chi connectivity index (χ4n) is 3.21. The Morgan fingerprint density at radius 1 is 1.23 bits per heavy atom. The molecule has 0 atom stereocenters. The maximum Gasteiger partial charge on any atom is 0.334 e. The van der Waals surface area contributed by atoms with Gasteiger partial charge in [-0.1, -0.05) is 24.3 Å². The van der Waals surface area contributed by atoms with Crippen molar-refractivity contribution in [2.75, 3.05) is 20.3 Å². The maximum absolute atomic E-state index is 14.6. The van der Waals surface area contributed by atoms with E-state index in [2.05, 4.69) is 6.58 Å². The second-order valence-corrected chi connectivity index (χ2v) is 7.07. The summed E-state index contributed by atoms with van der Waals surface area (Å²) in [7, 11) is 1.30. The molecule has 1 aliphatic heterocycles. The average Bonchev–Trinajstić information content (AvgIpc) is 3.01. The van der Waals surface area contributed by atoms with E-state index < -0.39 is 23.2 Å². The van der Waals surface area contributed by atoms with E-state index in [4.69, 9.17) is 25.8 Å². The summed E-state index contributed by atoms with van der Waals surface area (Å²) in [5.74, 6) is -2.89. The number of aromatic nitrogens is 2. The predicted octanol–water partition coefficient (Wildman–Crippen LogP) is 3.68. The standard InChI is InChI=1S/C21H21ClF2N2O5/c1-3-8-30-18(27)9-13(29-2)12-31-17-10-14(15(23)11-16(17)24)19-20(22)25-6-4-5-7-26(25)21(19)28/h3,9-11H,1,4-8,12H2,2H3/b13-9+. The predicted molar refractivity (Wildman–Crippen MR) is 110 cm³/mol. The van der Waals surface area contributed by atoms with E-state index in [9.17, 15) is 18.4 Å². The number of hydrogen-bond acceptors (Lipinski definition) is 5. The monoisotopic (exact) mass is 454 g/mol. The van der Waals surface area contributed by atoms with Crippen LogP contribution >= 0.6 is 11.6 Å². The number of hydrogen-bond donors (Lipinski definition) is 0. The largest absolute Gasteiger partial charge is 0.497 e. The van der Waals surface area contributed by atoms with Crippen LogP contribution in [-0.2, 0) is 27.4 Å². The molecule has 0 N–H and O–H groups in total. The molecule has 0 fully saturated rings. The third-order valence-electron chi connectivity index (χ3n) is 4.71. The molecule has 2 heterocycles. The summed E-state index contributed by atoms with van der Waals surface area (Å²) in [5, 5.41) is 0.0867. The summed E-state index contributed by atoms with van der Waals surface area (Å²) in [6.07, 6.45) is 4.09. The topological polar surface area (TPSA) is 71.7 Å². The van der Waals surface area contributed by atoms with Gasteiger partial charge in [0.05, 0.1) is 18.7 Å². The van der Waals surface area contributed by atoms with Crippen LogP contribution in [0.15, 0.2) is 41.4 Å². The van der Waals surface area contributed by atoms with E-state index >= 15 is 0 Å². The molecule has 0 amide bonds. The lowest BCUT2D eigenvalue weighted by atomic mass is 10.1. The Balaban J connectivity index is 1.90. The van der Waals surface area contributed by atoms with Gasteiger partial charge in [0, 0.05) is 24.7 Å². The van der Waals surface area contributed by atoms with Crippen LogP contribution in [0.1, 0.15) is 12.8 Å². The third-order valence-corrected chi connectivity index (χ3v) is 5.09. The van der Waals surface area contributed by atoms with Crippen LogP contribution in [0.25, 0.3) is 11.1 Å². The summed E-state index contributed by atoms with van der Waals surface area (Å²) >= 11 is 6.35. The van der Waals surface area contributed by atoms with Crippen molar-refractivity contribution in [1.82, 2.24) is 9.36 Å². The number of carbonyl (C=O) groups is 1. The Labute approximate surface area is 182 Å². The van der Waals surface area contributed by atoms with Gasteiger partial charge in [0.2, 0.25) is 0 Å². The molecule has 1 aromatic carbocycles. The van der Waals surface area contributed by atoms with Crippen LogP contribution in [-0.4, -0.2) is 35.7 Å². The minimum Gasteiger partial charge on any atom is -0.497 e. The molecular weight excluding hydrogens is 434 g/mol. The van der Waals surface area contributed by atoms with Crippen LogP contribution in [0.4, 0.5) is 8.78 Å². The molecule has 1 aromatic heterocycles. The number of halogens is 3. The first-order valence-electron chi connectivity index (χ1n) is 9.50. The number of methoxy groups -OCH3 is 1. The van der Waals surface area contributed by atoms with Crippen molar-refractivity contribution < 1.29 is 27.8 Å². The number of nitrogens with zero attached hydrogens (tertiary/aromatic N) is 2. The Morgan fingerprint density at radius 3 is 2.58 bits per heavy atom. The second kappa shape index (κ2) is 9.82. The summed E-state index contributed by atoms with van der Waals surface area (Å²) in [4.78, 5) is 24.4. The number of rotatable bonds is 8. The Morgan fingerprint density at radius 2 is 1.94 bits per heavy atom. The molecule has 7 nitrogen and oxygen atoms in total. The van der Waals surface area contributed by atoms with Gasteiger partial charge in [-0.2, -0.15) is 0 Å². The van der Waals surface area contributed by atoms with Gasteiger partial charge >= 0.3 is 5.97 Å². The van der Waals surface area contributed by atoms with E-state index in [1.54, 1.807) is 4.68 Å². The highest BCUT2D eigenvalue weighted by molar-refractivity contribution is 6.32. The molecule has 0 radical (unpaired) electrons. The minimum atomic E-state index is -0.980. The Kier molecular flexibility index (Phi) is 7.17.